The van der Waals surface area contributed by atoms with Crippen LogP contribution in [0.15, 0.2) is 22.7 Å². The Morgan fingerprint density at radius 1 is 1.29 bits per heavy atom. The van der Waals surface area contributed by atoms with Gasteiger partial charge in [0.15, 0.2) is 5.82 Å². The summed E-state index contributed by atoms with van der Waals surface area (Å²) in [6, 6.07) is 4.10. The van der Waals surface area contributed by atoms with Crippen LogP contribution in [0.1, 0.15) is 37.0 Å². The van der Waals surface area contributed by atoms with E-state index in [-0.39, 0.29) is 0 Å². The molecule has 0 amide bonds. The molecule has 4 nitrogen and oxygen atoms in total. The molecule has 2 aromatic rings. The lowest BCUT2D eigenvalue weighted by Gasteiger charge is -2.20. The molecule has 21 heavy (non-hydrogen) atoms. The van der Waals surface area contributed by atoms with E-state index >= 15 is 0 Å². The Kier molecular flexibility index (Phi) is 3.96. The van der Waals surface area contributed by atoms with Crippen molar-refractivity contribution in [2.45, 2.75) is 45.3 Å². The van der Waals surface area contributed by atoms with Crippen molar-refractivity contribution >= 4 is 0 Å². The number of rotatable bonds is 6. The predicted molar refractivity (Wildman–Crippen MR) is 72.3 cm³/mol. The second-order valence-electron chi connectivity index (χ2n) is 5.33. The molecule has 0 spiro atoms. The zero-order valence-corrected chi connectivity index (χ0v) is 11.9. The van der Waals surface area contributed by atoms with E-state index in [4.69, 9.17) is 4.52 Å². The fourth-order valence-corrected chi connectivity index (χ4v) is 2.29. The van der Waals surface area contributed by atoms with E-state index in [1.807, 2.05) is 6.92 Å². The van der Waals surface area contributed by atoms with Crippen LogP contribution in [0.3, 0.4) is 0 Å². The van der Waals surface area contributed by atoms with Crippen LogP contribution in [0.5, 0.6) is 0 Å². The van der Waals surface area contributed by atoms with Gasteiger partial charge in [-0.1, -0.05) is 18.1 Å². The minimum atomic E-state index is -0.557. The van der Waals surface area contributed by atoms with Crippen molar-refractivity contribution in [2.24, 2.45) is 0 Å². The first kappa shape index (κ1) is 14.1. The van der Waals surface area contributed by atoms with Crippen LogP contribution >= 0.6 is 0 Å². The third-order valence-corrected chi connectivity index (χ3v) is 3.62. The smallest absolute Gasteiger partial charge is 0.240 e. The molecular weight excluding hydrogens is 276 g/mol. The number of benzene rings is 1. The standard InChI is InChI=1S/C15H17F2N3O/c1-2-14-18-15(21-19-14)9-20(12-5-6-12)8-10-3-4-11(16)7-13(10)17/h3-4,7,12H,2,5-6,8-9H2,1H3. The summed E-state index contributed by atoms with van der Waals surface area (Å²) in [7, 11) is 0. The van der Waals surface area contributed by atoms with Gasteiger partial charge in [-0.2, -0.15) is 4.98 Å². The summed E-state index contributed by atoms with van der Waals surface area (Å²) in [6.07, 6.45) is 2.88. The summed E-state index contributed by atoms with van der Waals surface area (Å²) in [5, 5.41) is 3.87. The summed E-state index contributed by atoms with van der Waals surface area (Å²) in [5.41, 5.74) is 0.485. The molecule has 6 heteroatoms. The number of aromatic nitrogens is 2. The monoisotopic (exact) mass is 293 g/mol. The highest BCUT2D eigenvalue weighted by atomic mass is 19.1. The van der Waals surface area contributed by atoms with Gasteiger partial charge in [0.1, 0.15) is 11.6 Å². The van der Waals surface area contributed by atoms with Gasteiger partial charge in [-0.05, 0) is 18.9 Å². The molecule has 0 saturated heterocycles. The Hall–Kier alpha value is -1.82. The Labute approximate surface area is 121 Å². The van der Waals surface area contributed by atoms with Gasteiger partial charge in [-0.25, -0.2) is 8.78 Å². The van der Waals surface area contributed by atoms with Crippen LogP contribution in [0.2, 0.25) is 0 Å². The fourth-order valence-electron chi connectivity index (χ4n) is 2.29. The van der Waals surface area contributed by atoms with Gasteiger partial charge in [0.05, 0.1) is 6.54 Å². The average Bonchev–Trinajstić information content (AvgIpc) is 3.21. The van der Waals surface area contributed by atoms with Crippen molar-refractivity contribution in [3.8, 4) is 0 Å². The molecule has 1 aromatic heterocycles. The summed E-state index contributed by atoms with van der Waals surface area (Å²) in [5.74, 6) is 0.147. The van der Waals surface area contributed by atoms with Gasteiger partial charge >= 0.3 is 0 Å². The SMILES string of the molecule is CCc1noc(CN(Cc2ccc(F)cc2F)C2CC2)n1. The molecule has 0 aliphatic heterocycles. The number of aryl methyl sites for hydroxylation is 1. The minimum absolute atomic E-state index is 0.409. The molecule has 1 heterocycles. The van der Waals surface area contributed by atoms with Gasteiger partial charge in [0.2, 0.25) is 5.89 Å². The summed E-state index contributed by atoms with van der Waals surface area (Å²) in [6.45, 7) is 2.87. The van der Waals surface area contributed by atoms with Gasteiger partial charge in [0, 0.05) is 30.6 Å². The first-order valence-electron chi connectivity index (χ1n) is 7.15. The summed E-state index contributed by atoms with van der Waals surface area (Å²) >= 11 is 0. The normalized spacial score (nSPS) is 14.9. The average molecular weight is 293 g/mol. The van der Waals surface area contributed by atoms with E-state index in [0.717, 1.165) is 25.3 Å². The molecule has 1 aromatic carbocycles. The van der Waals surface area contributed by atoms with Crippen molar-refractivity contribution in [2.75, 3.05) is 0 Å². The van der Waals surface area contributed by atoms with Crippen LogP contribution in [0.25, 0.3) is 0 Å². The van der Waals surface area contributed by atoms with Crippen molar-refractivity contribution < 1.29 is 13.3 Å². The molecule has 0 bridgehead atoms. The maximum atomic E-state index is 13.8. The van der Waals surface area contributed by atoms with Crippen LogP contribution in [0.4, 0.5) is 8.78 Å². The molecule has 0 unspecified atom stereocenters. The maximum absolute atomic E-state index is 13.8. The number of hydrogen-bond donors (Lipinski definition) is 0. The molecule has 1 aliphatic rings. The lowest BCUT2D eigenvalue weighted by atomic mass is 10.2. The Bertz CT molecular complexity index is 625. The minimum Gasteiger partial charge on any atom is -0.338 e. The Balaban J connectivity index is 1.72. The topological polar surface area (TPSA) is 42.2 Å². The van der Waals surface area contributed by atoms with Crippen LogP contribution in [-0.2, 0) is 19.5 Å². The quantitative estimate of drug-likeness (QED) is 0.821. The van der Waals surface area contributed by atoms with Crippen LogP contribution in [-0.4, -0.2) is 21.1 Å². The first-order chi connectivity index (χ1) is 10.2. The molecular formula is C15H17F2N3O. The third kappa shape index (κ3) is 3.44. The molecule has 112 valence electrons. The van der Waals surface area contributed by atoms with Gasteiger partial charge < -0.3 is 4.52 Å². The largest absolute Gasteiger partial charge is 0.338 e. The highest BCUT2D eigenvalue weighted by molar-refractivity contribution is 5.18. The summed E-state index contributed by atoms with van der Waals surface area (Å²) < 4.78 is 31.9. The van der Waals surface area contributed by atoms with E-state index in [9.17, 15) is 8.78 Å². The molecule has 0 atom stereocenters. The molecule has 1 fully saturated rings. The van der Waals surface area contributed by atoms with Crippen LogP contribution < -0.4 is 0 Å². The lowest BCUT2D eigenvalue weighted by molar-refractivity contribution is 0.207. The number of halogens is 2. The maximum Gasteiger partial charge on any atom is 0.240 e. The summed E-state index contributed by atoms with van der Waals surface area (Å²) in [4.78, 5) is 6.38. The fraction of sp³-hybridized carbons (Fsp3) is 0.467. The molecule has 1 aliphatic carbocycles. The Morgan fingerprint density at radius 2 is 2.10 bits per heavy atom. The molecule has 1 saturated carbocycles. The van der Waals surface area contributed by atoms with E-state index in [1.165, 1.54) is 12.1 Å². The highest BCUT2D eigenvalue weighted by Gasteiger charge is 2.30. The first-order valence-corrected chi connectivity index (χ1v) is 7.15. The Morgan fingerprint density at radius 3 is 2.71 bits per heavy atom. The van der Waals surface area contributed by atoms with Gasteiger partial charge in [0.25, 0.3) is 0 Å². The van der Waals surface area contributed by atoms with Crippen LogP contribution in [0, 0.1) is 11.6 Å². The second-order valence-corrected chi connectivity index (χ2v) is 5.33. The van der Waals surface area contributed by atoms with Crippen molar-refractivity contribution in [3.05, 3.63) is 47.1 Å². The lowest BCUT2D eigenvalue weighted by Crippen LogP contribution is -2.25. The zero-order valence-electron chi connectivity index (χ0n) is 11.9. The van der Waals surface area contributed by atoms with Crippen molar-refractivity contribution in [1.82, 2.24) is 15.0 Å². The van der Waals surface area contributed by atoms with Crippen molar-refractivity contribution in [1.29, 1.82) is 0 Å². The predicted octanol–water partition coefficient (Wildman–Crippen LogP) is 3.07. The van der Waals surface area contributed by atoms with Gasteiger partial charge in [-0.3, -0.25) is 4.90 Å². The molecule has 3 rings (SSSR count). The highest BCUT2D eigenvalue weighted by Crippen LogP contribution is 2.30. The van der Waals surface area contributed by atoms with E-state index in [1.54, 1.807) is 0 Å². The van der Waals surface area contributed by atoms with E-state index < -0.39 is 11.6 Å². The van der Waals surface area contributed by atoms with E-state index in [0.29, 0.717) is 36.4 Å². The van der Waals surface area contributed by atoms with Crippen molar-refractivity contribution in [3.63, 3.8) is 0 Å². The molecule has 0 radical (unpaired) electrons. The number of hydrogen-bond acceptors (Lipinski definition) is 4. The van der Waals surface area contributed by atoms with E-state index in [2.05, 4.69) is 15.0 Å². The molecule has 0 N–H and O–H groups in total. The number of nitrogens with zero attached hydrogens (tertiary/aromatic N) is 3. The third-order valence-electron chi connectivity index (χ3n) is 3.62. The second kappa shape index (κ2) is 5.89. The zero-order chi connectivity index (χ0) is 14.8. The van der Waals surface area contributed by atoms with Gasteiger partial charge in [-0.15, -0.1) is 0 Å².